The van der Waals surface area contributed by atoms with E-state index in [2.05, 4.69) is 12.5 Å². The van der Waals surface area contributed by atoms with Crippen LogP contribution < -0.4 is 0 Å². The summed E-state index contributed by atoms with van der Waals surface area (Å²) in [5.41, 5.74) is -0.184. The molecule has 0 aromatic rings. The highest BCUT2D eigenvalue weighted by molar-refractivity contribution is 7.99. The molecule has 0 saturated heterocycles. The zero-order valence-electron chi connectivity index (χ0n) is 9.22. The first-order valence-corrected chi connectivity index (χ1v) is 7.24. The third-order valence-corrected chi connectivity index (χ3v) is 3.32. The Hall–Kier alpha value is 0.370. The van der Waals surface area contributed by atoms with E-state index in [1.807, 2.05) is 20.8 Å². The largest absolute Gasteiger partial charge is 0.299 e. The predicted molar refractivity (Wildman–Crippen MR) is 71.4 cm³/mol. The second-order valence-electron chi connectivity index (χ2n) is 4.22. The van der Waals surface area contributed by atoms with Gasteiger partial charge in [0.1, 0.15) is 5.78 Å². The van der Waals surface area contributed by atoms with Gasteiger partial charge < -0.3 is 0 Å². The summed E-state index contributed by atoms with van der Waals surface area (Å²) in [6, 6.07) is 0. The number of carbonyl (C=O) groups is 1. The fourth-order valence-corrected chi connectivity index (χ4v) is 2.71. The second-order valence-corrected chi connectivity index (χ2v) is 6.04. The smallest absolute Gasteiger partial charge is 0.142 e. The molecule has 0 unspecified atom stereocenters. The van der Waals surface area contributed by atoms with Crippen LogP contribution in [0.2, 0.25) is 0 Å². The molecular formula is C11H24OS2. The quantitative estimate of drug-likeness (QED) is 0.726. The number of ketones is 1. The summed E-state index contributed by atoms with van der Waals surface area (Å²) in [7, 11) is 0. The first-order valence-electron chi connectivity index (χ1n) is 4.45. The highest BCUT2D eigenvalue weighted by Crippen LogP contribution is 2.24. The van der Waals surface area contributed by atoms with Gasteiger partial charge >= 0.3 is 0 Å². The Balaban J connectivity index is 0. The molecule has 0 aliphatic rings. The van der Waals surface area contributed by atoms with Crippen molar-refractivity contribution in [3.8, 4) is 0 Å². The zero-order valence-corrected chi connectivity index (χ0v) is 10.8. The van der Waals surface area contributed by atoms with Gasteiger partial charge in [-0.25, -0.2) is 0 Å². The van der Waals surface area contributed by atoms with Gasteiger partial charge in [-0.05, 0) is 12.5 Å². The van der Waals surface area contributed by atoms with Crippen molar-refractivity contribution in [1.82, 2.24) is 0 Å². The average molecular weight is 236 g/mol. The molecule has 0 amide bonds. The van der Waals surface area contributed by atoms with Crippen LogP contribution in [0.25, 0.3) is 0 Å². The van der Waals surface area contributed by atoms with Crippen LogP contribution in [-0.4, -0.2) is 29.8 Å². The minimum atomic E-state index is -0.184. The number of hydrogen-bond acceptors (Lipinski definition) is 3. The Bertz CT molecular complexity index is 155. The van der Waals surface area contributed by atoms with Crippen molar-refractivity contribution in [2.45, 2.75) is 28.2 Å². The third-order valence-electron chi connectivity index (χ3n) is 1.85. The van der Waals surface area contributed by atoms with Crippen molar-refractivity contribution in [2.75, 3.05) is 24.0 Å². The van der Waals surface area contributed by atoms with Gasteiger partial charge in [0, 0.05) is 22.8 Å². The number of Topliss-reactive ketones (excluding diaryl/α,β-unsaturated/α-hetero) is 1. The first kappa shape index (κ1) is 16.8. The van der Waals surface area contributed by atoms with Crippen LogP contribution in [0, 0.1) is 11.3 Å². The molecule has 0 fully saturated rings. The standard InChI is InChI=1S/C10H20OS2.CH4/c1-10(2,3)9(11)8(6-12-4)7-13-5;/h8H,6-7H2,1-5H3;1H4. The van der Waals surface area contributed by atoms with Crippen LogP contribution in [-0.2, 0) is 4.79 Å². The summed E-state index contributed by atoms with van der Waals surface area (Å²) in [6.45, 7) is 6.01. The van der Waals surface area contributed by atoms with Crippen molar-refractivity contribution in [3.63, 3.8) is 0 Å². The van der Waals surface area contributed by atoms with E-state index in [9.17, 15) is 4.79 Å². The molecule has 0 N–H and O–H groups in total. The van der Waals surface area contributed by atoms with Gasteiger partial charge in [0.25, 0.3) is 0 Å². The molecule has 0 aromatic carbocycles. The average Bonchev–Trinajstić information content (AvgIpc) is 2.01. The first-order chi connectivity index (χ1) is 5.93. The van der Waals surface area contributed by atoms with E-state index in [4.69, 9.17) is 0 Å². The molecule has 0 spiro atoms. The Morgan fingerprint density at radius 1 is 1.14 bits per heavy atom. The molecule has 0 radical (unpaired) electrons. The third kappa shape index (κ3) is 5.97. The maximum absolute atomic E-state index is 11.9. The fraction of sp³-hybridized carbons (Fsp3) is 0.909. The number of carbonyl (C=O) groups excluding carboxylic acids is 1. The van der Waals surface area contributed by atoms with E-state index in [1.54, 1.807) is 23.5 Å². The molecule has 14 heavy (non-hydrogen) atoms. The Labute approximate surface area is 97.8 Å². The van der Waals surface area contributed by atoms with Crippen LogP contribution in [0.3, 0.4) is 0 Å². The van der Waals surface area contributed by atoms with Crippen molar-refractivity contribution < 1.29 is 4.79 Å². The van der Waals surface area contributed by atoms with Crippen molar-refractivity contribution in [3.05, 3.63) is 0 Å². The summed E-state index contributed by atoms with van der Waals surface area (Å²) >= 11 is 3.52. The van der Waals surface area contributed by atoms with E-state index in [0.717, 1.165) is 11.5 Å². The van der Waals surface area contributed by atoms with E-state index in [1.165, 1.54) is 0 Å². The molecule has 0 aliphatic heterocycles. The maximum Gasteiger partial charge on any atom is 0.142 e. The lowest BCUT2D eigenvalue weighted by Crippen LogP contribution is -2.31. The summed E-state index contributed by atoms with van der Waals surface area (Å²) in [5.74, 6) is 2.54. The molecule has 0 saturated carbocycles. The molecule has 86 valence electrons. The van der Waals surface area contributed by atoms with Gasteiger partial charge in [0.05, 0.1) is 0 Å². The van der Waals surface area contributed by atoms with Crippen LogP contribution in [0.15, 0.2) is 0 Å². The van der Waals surface area contributed by atoms with Crippen LogP contribution in [0.1, 0.15) is 28.2 Å². The number of rotatable bonds is 5. The lowest BCUT2D eigenvalue weighted by Gasteiger charge is -2.23. The van der Waals surface area contributed by atoms with Gasteiger partial charge in [-0.15, -0.1) is 0 Å². The van der Waals surface area contributed by atoms with Crippen LogP contribution in [0.5, 0.6) is 0 Å². The van der Waals surface area contributed by atoms with E-state index < -0.39 is 0 Å². The summed E-state index contributed by atoms with van der Waals surface area (Å²) in [4.78, 5) is 11.9. The van der Waals surface area contributed by atoms with E-state index in [0.29, 0.717) is 5.78 Å². The summed E-state index contributed by atoms with van der Waals surface area (Å²) in [6.07, 6.45) is 4.12. The molecule has 0 atom stereocenters. The molecule has 0 aromatic heterocycles. The SMILES string of the molecule is C.CSCC(CSC)C(=O)C(C)(C)C. The number of thioether (sulfide) groups is 2. The fourth-order valence-electron chi connectivity index (χ4n) is 1.21. The summed E-state index contributed by atoms with van der Waals surface area (Å²) in [5, 5.41) is 0. The minimum absolute atomic E-state index is 0. The molecule has 0 bridgehead atoms. The maximum atomic E-state index is 11.9. The molecule has 0 rings (SSSR count). The number of hydrogen-bond donors (Lipinski definition) is 0. The molecule has 3 heteroatoms. The van der Waals surface area contributed by atoms with Gasteiger partial charge in [0.2, 0.25) is 0 Å². The monoisotopic (exact) mass is 236 g/mol. The van der Waals surface area contributed by atoms with E-state index in [-0.39, 0.29) is 18.8 Å². The van der Waals surface area contributed by atoms with Crippen molar-refractivity contribution >= 4 is 29.3 Å². The van der Waals surface area contributed by atoms with Crippen LogP contribution in [0.4, 0.5) is 0 Å². The van der Waals surface area contributed by atoms with Gasteiger partial charge in [-0.3, -0.25) is 4.79 Å². The highest BCUT2D eigenvalue weighted by Gasteiger charge is 2.28. The van der Waals surface area contributed by atoms with Gasteiger partial charge in [-0.1, -0.05) is 28.2 Å². The Morgan fingerprint density at radius 3 is 1.71 bits per heavy atom. The molecule has 0 aliphatic carbocycles. The van der Waals surface area contributed by atoms with Gasteiger partial charge in [0.15, 0.2) is 0 Å². The lowest BCUT2D eigenvalue weighted by atomic mass is 9.84. The second kappa shape index (κ2) is 7.63. The zero-order chi connectivity index (χ0) is 10.5. The molecule has 0 heterocycles. The molecular weight excluding hydrogens is 212 g/mol. The lowest BCUT2D eigenvalue weighted by molar-refractivity contribution is -0.129. The Morgan fingerprint density at radius 2 is 1.50 bits per heavy atom. The highest BCUT2D eigenvalue weighted by atomic mass is 32.2. The predicted octanol–water partition coefficient (Wildman–Crippen LogP) is 3.58. The van der Waals surface area contributed by atoms with Crippen LogP contribution >= 0.6 is 23.5 Å². The van der Waals surface area contributed by atoms with Crippen molar-refractivity contribution in [2.24, 2.45) is 11.3 Å². The topological polar surface area (TPSA) is 17.1 Å². The summed E-state index contributed by atoms with van der Waals surface area (Å²) < 4.78 is 0. The van der Waals surface area contributed by atoms with Gasteiger partial charge in [-0.2, -0.15) is 23.5 Å². The minimum Gasteiger partial charge on any atom is -0.299 e. The Kier molecular flexibility index (Phi) is 9.15. The van der Waals surface area contributed by atoms with Crippen molar-refractivity contribution in [1.29, 1.82) is 0 Å². The normalized spacial score (nSPS) is 11.3. The molecule has 1 nitrogen and oxygen atoms in total. The van der Waals surface area contributed by atoms with E-state index >= 15 is 0 Å².